The van der Waals surface area contributed by atoms with E-state index in [4.69, 9.17) is 4.74 Å². The molecule has 1 aromatic heterocycles. The van der Waals surface area contributed by atoms with Crippen molar-refractivity contribution in [3.63, 3.8) is 0 Å². The first-order valence-corrected chi connectivity index (χ1v) is 10.9. The Morgan fingerprint density at radius 2 is 1.93 bits per heavy atom. The van der Waals surface area contributed by atoms with Gasteiger partial charge in [0.2, 0.25) is 11.8 Å². The number of benzene rings is 1. The fourth-order valence-corrected chi connectivity index (χ4v) is 4.43. The van der Waals surface area contributed by atoms with Gasteiger partial charge in [-0.05, 0) is 43.9 Å². The highest BCUT2D eigenvalue weighted by Gasteiger charge is 2.37. The van der Waals surface area contributed by atoms with E-state index in [9.17, 15) is 9.59 Å². The molecule has 0 radical (unpaired) electrons. The van der Waals surface area contributed by atoms with E-state index in [1.54, 1.807) is 12.4 Å². The summed E-state index contributed by atoms with van der Waals surface area (Å²) >= 11 is 0. The van der Waals surface area contributed by atoms with Crippen LogP contribution in [0.15, 0.2) is 48.8 Å². The molecule has 1 aliphatic carbocycles. The zero-order valence-electron chi connectivity index (χ0n) is 17.3. The molecule has 0 bridgehead atoms. The summed E-state index contributed by atoms with van der Waals surface area (Å²) < 4.78 is 5.82. The van der Waals surface area contributed by atoms with Crippen LogP contribution in [0.25, 0.3) is 0 Å². The number of likely N-dealkylation sites (tertiary alicyclic amines) is 1. The van der Waals surface area contributed by atoms with Crippen molar-refractivity contribution in [2.45, 2.75) is 57.6 Å². The van der Waals surface area contributed by atoms with Crippen molar-refractivity contribution < 1.29 is 14.3 Å². The van der Waals surface area contributed by atoms with Crippen LogP contribution in [0.4, 0.5) is 5.69 Å². The van der Waals surface area contributed by atoms with Crippen molar-refractivity contribution in [1.29, 1.82) is 0 Å². The first-order valence-electron chi connectivity index (χ1n) is 10.9. The minimum absolute atomic E-state index is 0.0938. The number of carbonyl (C=O) groups excluding carboxylic acids is 2. The largest absolute Gasteiger partial charge is 0.489 e. The lowest BCUT2D eigenvalue weighted by atomic mass is 9.88. The Labute approximate surface area is 177 Å². The van der Waals surface area contributed by atoms with E-state index in [-0.39, 0.29) is 23.8 Å². The lowest BCUT2D eigenvalue weighted by Gasteiger charge is -2.30. The van der Waals surface area contributed by atoms with E-state index in [2.05, 4.69) is 10.3 Å². The second-order valence-corrected chi connectivity index (χ2v) is 8.19. The Bertz CT molecular complexity index is 865. The summed E-state index contributed by atoms with van der Waals surface area (Å²) in [6.07, 6.45) is 10.5. The third-order valence-corrected chi connectivity index (χ3v) is 6.02. The number of hydrogen-bond donors (Lipinski definition) is 1. The lowest BCUT2D eigenvalue weighted by Crippen LogP contribution is -2.46. The van der Waals surface area contributed by atoms with Crippen LogP contribution in [0.5, 0.6) is 5.75 Å². The van der Waals surface area contributed by atoms with Crippen molar-refractivity contribution in [2.75, 3.05) is 11.9 Å². The van der Waals surface area contributed by atoms with Gasteiger partial charge in [-0.1, -0.05) is 31.4 Å². The van der Waals surface area contributed by atoms with Gasteiger partial charge in [0.1, 0.15) is 18.4 Å². The normalized spacial score (nSPS) is 19.5. The molecule has 2 amide bonds. The molecule has 1 saturated heterocycles. The fraction of sp³-hybridized carbons (Fsp3) is 0.458. The SMILES string of the molecule is O=C(Nc1cccc(OCc2cccnc2)c1)C1CCCN1C(=O)C1CCCCC1. The van der Waals surface area contributed by atoms with Gasteiger partial charge in [0.05, 0.1) is 0 Å². The topological polar surface area (TPSA) is 71.5 Å². The zero-order chi connectivity index (χ0) is 20.8. The van der Waals surface area contributed by atoms with Crippen molar-refractivity contribution in [3.8, 4) is 5.75 Å². The number of nitrogens with zero attached hydrogens (tertiary/aromatic N) is 2. The van der Waals surface area contributed by atoms with Gasteiger partial charge in [0.15, 0.2) is 0 Å². The summed E-state index contributed by atoms with van der Waals surface area (Å²) in [5.74, 6) is 0.830. The number of hydrogen-bond acceptors (Lipinski definition) is 4. The van der Waals surface area contributed by atoms with Crippen LogP contribution in [0, 0.1) is 5.92 Å². The number of anilines is 1. The molecule has 1 atom stereocenters. The maximum absolute atomic E-state index is 13.0. The average molecular weight is 408 g/mol. The van der Waals surface area contributed by atoms with Gasteiger partial charge in [0, 0.05) is 42.2 Å². The molecule has 1 N–H and O–H groups in total. The van der Waals surface area contributed by atoms with Crippen LogP contribution in [-0.2, 0) is 16.2 Å². The Balaban J connectivity index is 1.36. The summed E-state index contributed by atoms with van der Waals surface area (Å²) in [5, 5.41) is 2.99. The summed E-state index contributed by atoms with van der Waals surface area (Å²) in [4.78, 5) is 31.8. The van der Waals surface area contributed by atoms with Crippen LogP contribution in [0.2, 0.25) is 0 Å². The molecular weight excluding hydrogens is 378 g/mol. The minimum Gasteiger partial charge on any atom is -0.489 e. The standard InChI is InChI=1S/C24H29N3O3/c28-23(22-12-6-14-27(22)24(29)19-8-2-1-3-9-19)26-20-10-4-11-21(15-20)30-17-18-7-5-13-25-16-18/h4-5,7,10-11,13,15-16,19,22H,1-3,6,8-9,12,14,17H2,(H,26,28). The van der Waals surface area contributed by atoms with Crippen molar-refractivity contribution >= 4 is 17.5 Å². The van der Waals surface area contributed by atoms with Crippen LogP contribution in [-0.4, -0.2) is 34.3 Å². The van der Waals surface area contributed by atoms with Gasteiger partial charge in [-0.3, -0.25) is 14.6 Å². The maximum Gasteiger partial charge on any atom is 0.247 e. The first kappa shape index (κ1) is 20.4. The third-order valence-electron chi connectivity index (χ3n) is 6.02. The molecular formula is C24H29N3O3. The van der Waals surface area contributed by atoms with Crippen LogP contribution in [0.3, 0.4) is 0 Å². The van der Waals surface area contributed by atoms with Gasteiger partial charge in [-0.15, -0.1) is 0 Å². The number of rotatable bonds is 6. The summed E-state index contributed by atoms with van der Waals surface area (Å²) in [6, 6.07) is 10.8. The molecule has 2 aliphatic rings. The number of amides is 2. The molecule has 30 heavy (non-hydrogen) atoms. The van der Waals surface area contributed by atoms with E-state index < -0.39 is 0 Å². The van der Waals surface area contributed by atoms with E-state index in [0.717, 1.165) is 44.1 Å². The predicted octanol–water partition coefficient (Wildman–Crippen LogP) is 4.17. The van der Waals surface area contributed by atoms with Gasteiger partial charge in [-0.2, -0.15) is 0 Å². The van der Waals surface area contributed by atoms with Crippen molar-refractivity contribution in [1.82, 2.24) is 9.88 Å². The number of pyridine rings is 1. The molecule has 158 valence electrons. The second-order valence-electron chi connectivity index (χ2n) is 8.19. The smallest absolute Gasteiger partial charge is 0.247 e. The summed E-state index contributed by atoms with van der Waals surface area (Å²) in [6.45, 7) is 1.10. The lowest BCUT2D eigenvalue weighted by molar-refractivity contribution is -0.141. The monoisotopic (exact) mass is 407 g/mol. The van der Waals surface area contributed by atoms with Gasteiger partial charge >= 0.3 is 0 Å². The molecule has 2 aromatic rings. The Kier molecular flexibility index (Phi) is 6.62. The molecule has 0 spiro atoms. The van der Waals surface area contributed by atoms with Gasteiger partial charge in [0.25, 0.3) is 0 Å². The molecule has 4 rings (SSSR count). The molecule has 1 saturated carbocycles. The van der Waals surface area contributed by atoms with Crippen molar-refractivity contribution in [2.24, 2.45) is 5.92 Å². The zero-order valence-corrected chi connectivity index (χ0v) is 17.3. The van der Waals surface area contributed by atoms with Crippen molar-refractivity contribution in [3.05, 3.63) is 54.4 Å². The fourth-order valence-electron chi connectivity index (χ4n) is 4.43. The Hall–Kier alpha value is -2.89. The second kappa shape index (κ2) is 9.74. The number of carbonyl (C=O) groups is 2. The predicted molar refractivity (Wildman–Crippen MR) is 115 cm³/mol. The Morgan fingerprint density at radius 3 is 2.73 bits per heavy atom. The molecule has 6 heteroatoms. The first-order chi connectivity index (χ1) is 14.7. The molecule has 2 fully saturated rings. The van der Waals surface area contributed by atoms with Crippen LogP contribution < -0.4 is 10.1 Å². The van der Waals surface area contributed by atoms with Crippen LogP contribution in [0.1, 0.15) is 50.5 Å². The maximum atomic E-state index is 13.0. The molecule has 1 aliphatic heterocycles. The van der Waals surface area contributed by atoms with Gasteiger partial charge in [-0.25, -0.2) is 0 Å². The summed E-state index contributed by atoms with van der Waals surface area (Å²) in [5.41, 5.74) is 1.66. The van der Waals surface area contributed by atoms with E-state index in [1.807, 2.05) is 41.3 Å². The number of nitrogens with one attached hydrogen (secondary N) is 1. The third kappa shape index (κ3) is 4.99. The van der Waals surface area contributed by atoms with E-state index in [0.29, 0.717) is 24.6 Å². The molecule has 1 aromatic carbocycles. The van der Waals surface area contributed by atoms with E-state index >= 15 is 0 Å². The highest BCUT2D eigenvalue weighted by Crippen LogP contribution is 2.29. The molecule has 2 heterocycles. The number of ether oxygens (including phenoxy) is 1. The highest BCUT2D eigenvalue weighted by atomic mass is 16.5. The van der Waals surface area contributed by atoms with Gasteiger partial charge < -0.3 is 15.0 Å². The Morgan fingerprint density at radius 1 is 1.07 bits per heavy atom. The summed E-state index contributed by atoms with van der Waals surface area (Å²) in [7, 11) is 0. The van der Waals surface area contributed by atoms with Crippen LogP contribution >= 0.6 is 0 Å². The minimum atomic E-state index is -0.376. The number of aromatic nitrogens is 1. The average Bonchev–Trinajstić information content (AvgIpc) is 3.29. The quantitative estimate of drug-likeness (QED) is 0.780. The molecule has 6 nitrogen and oxygen atoms in total. The highest BCUT2D eigenvalue weighted by molar-refractivity contribution is 5.98. The van der Waals surface area contributed by atoms with E-state index in [1.165, 1.54) is 6.42 Å². The molecule has 1 unspecified atom stereocenters.